The standard InChI is InChI=1S/C19H25FN2O4/c1-5-24-16(25-6-2)12-22(4)18-13-9-8-10-15(20)17(13)21-11-14(18)19(23)26-7-3/h8-11,16H,5-7,12H2,1-4H3. The zero-order valence-electron chi connectivity index (χ0n) is 15.6. The van der Waals surface area contributed by atoms with E-state index in [0.717, 1.165) is 0 Å². The van der Waals surface area contributed by atoms with Crippen molar-refractivity contribution in [1.29, 1.82) is 0 Å². The molecule has 0 aliphatic rings. The molecule has 0 N–H and O–H groups in total. The maximum atomic E-state index is 14.2. The zero-order valence-corrected chi connectivity index (χ0v) is 15.6. The van der Waals surface area contributed by atoms with E-state index in [1.54, 1.807) is 26.1 Å². The average Bonchev–Trinajstić information content (AvgIpc) is 2.61. The van der Waals surface area contributed by atoms with Crippen molar-refractivity contribution < 1.29 is 23.4 Å². The van der Waals surface area contributed by atoms with Crippen LogP contribution in [0.2, 0.25) is 0 Å². The molecule has 0 aliphatic carbocycles. The molecule has 2 rings (SSSR count). The fraction of sp³-hybridized carbons (Fsp3) is 0.474. The van der Waals surface area contributed by atoms with Crippen molar-refractivity contribution in [1.82, 2.24) is 4.98 Å². The number of aromatic nitrogens is 1. The Bertz CT molecular complexity index is 748. The van der Waals surface area contributed by atoms with E-state index in [1.165, 1.54) is 12.3 Å². The summed E-state index contributed by atoms with van der Waals surface area (Å²) in [7, 11) is 1.80. The Morgan fingerprint density at radius 3 is 2.50 bits per heavy atom. The molecule has 2 aromatic rings. The summed E-state index contributed by atoms with van der Waals surface area (Å²) in [5.74, 6) is -0.948. The van der Waals surface area contributed by atoms with Gasteiger partial charge in [0, 0.05) is 31.8 Å². The lowest BCUT2D eigenvalue weighted by atomic mass is 10.1. The van der Waals surface area contributed by atoms with Crippen LogP contribution in [0.4, 0.5) is 10.1 Å². The van der Waals surface area contributed by atoms with Gasteiger partial charge in [-0.3, -0.25) is 4.98 Å². The molecule has 0 radical (unpaired) electrons. The lowest BCUT2D eigenvalue weighted by Gasteiger charge is -2.27. The summed E-state index contributed by atoms with van der Waals surface area (Å²) in [6, 6.07) is 4.66. The molecular weight excluding hydrogens is 339 g/mol. The number of carbonyl (C=O) groups excluding carboxylic acids is 1. The summed E-state index contributed by atoms with van der Waals surface area (Å²) in [6.45, 7) is 7.09. The minimum absolute atomic E-state index is 0.201. The number of ether oxygens (including phenoxy) is 3. The molecule has 0 aliphatic heterocycles. The number of benzene rings is 1. The monoisotopic (exact) mass is 364 g/mol. The van der Waals surface area contributed by atoms with E-state index in [9.17, 15) is 9.18 Å². The second-order valence-electron chi connectivity index (χ2n) is 5.60. The van der Waals surface area contributed by atoms with Gasteiger partial charge in [-0.25, -0.2) is 9.18 Å². The van der Waals surface area contributed by atoms with Crippen LogP contribution in [0.1, 0.15) is 31.1 Å². The third-order valence-corrected chi connectivity index (χ3v) is 3.82. The van der Waals surface area contributed by atoms with Gasteiger partial charge in [-0.05, 0) is 26.8 Å². The highest BCUT2D eigenvalue weighted by Crippen LogP contribution is 2.31. The van der Waals surface area contributed by atoms with Gasteiger partial charge in [-0.2, -0.15) is 0 Å². The number of likely N-dealkylation sites (N-methyl/N-ethyl adjacent to an activating group) is 1. The molecular formula is C19H25FN2O4. The molecule has 0 amide bonds. The van der Waals surface area contributed by atoms with Crippen molar-refractivity contribution in [3.05, 3.63) is 35.8 Å². The van der Waals surface area contributed by atoms with Crippen LogP contribution in [0, 0.1) is 5.82 Å². The first-order chi connectivity index (χ1) is 12.5. The molecule has 0 saturated carbocycles. The summed E-state index contributed by atoms with van der Waals surface area (Å²) in [6.07, 6.45) is 0.882. The van der Waals surface area contributed by atoms with E-state index in [0.29, 0.717) is 30.8 Å². The summed E-state index contributed by atoms with van der Waals surface area (Å²) in [5.41, 5.74) is 1.02. The Balaban J connectivity index is 2.51. The highest BCUT2D eigenvalue weighted by Gasteiger charge is 2.23. The minimum Gasteiger partial charge on any atom is -0.462 e. The van der Waals surface area contributed by atoms with Crippen LogP contribution in [0.5, 0.6) is 0 Å². The molecule has 0 spiro atoms. The predicted molar refractivity (Wildman–Crippen MR) is 98.0 cm³/mol. The number of esters is 1. The fourth-order valence-electron chi connectivity index (χ4n) is 2.78. The Kier molecular flexibility index (Phi) is 7.29. The molecule has 1 aromatic carbocycles. The maximum absolute atomic E-state index is 14.2. The molecule has 0 unspecified atom stereocenters. The van der Waals surface area contributed by atoms with Gasteiger partial charge in [-0.1, -0.05) is 12.1 Å². The lowest BCUT2D eigenvalue weighted by molar-refractivity contribution is -0.129. The van der Waals surface area contributed by atoms with Gasteiger partial charge in [0.05, 0.1) is 18.8 Å². The van der Waals surface area contributed by atoms with Gasteiger partial charge >= 0.3 is 5.97 Å². The van der Waals surface area contributed by atoms with Crippen molar-refractivity contribution in [2.24, 2.45) is 0 Å². The van der Waals surface area contributed by atoms with E-state index in [1.807, 2.05) is 18.7 Å². The Morgan fingerprint density at radius 1 is 1.19 bits per heavy atom. The van der Waals surface area contributed by atoms with Gasteiger partial charge < -0.3 is 19.1 Å². The van der Waals surface area contributed by atoms with Crippen LogP contribution in [0.25, 0.3) is 10.9 Å². The van der Waals surface area contributed by atoms with Gasteiger partial charge in [0.1, 0.15) is 16.9 Å². The largest absolute Gasteiger partial charge is 0.462 e. The predicted octanol–water partition coefficient (Wildman–Crippen LogP) is 3.39. The lowest BCUT2D eigenvalue weighted by Crippen LogP contribution is -2.34. The van der Waals surface area contributed by atoms with Gasteiger partial charge in [0.25, 0.3) is 0 Å². The number of hydrogen-bond acceptors (Lipinski definition) is 6. The van der Waals surface area contributed by atoms with Gasteiger partial charge in [0.2, 0.25) is 0 Å². The second-order valence-corrected chi connectivity index (χ2v) is 5.60. The van der Waals surface area contributed by atoms with E-state index in [4.69, 9.17) is 14.2 Å². The van der Waals surface area contributed by atoms with Crippen LogP contribution in [-0.2, 0) is 14.2 Å². The SMILES string of the molecule is CCOC(=O)c1cnc2c(F)cccc2c1N(C)CC(OCC)OCC. The minimum atomic E-state index is -0.502. The first-order valence-electron chi connectivity index (χ1n) is 8.72. The molecule has 0 fully saturated rings. The summed E-state index contributed by atoms with van der Waals surface area (Å²) in [4.78, 5) is 18.3. The van der Waals surface area contributed by atoms with E-state index < -0.39 is 18.1 Å². The number of carbonyl (C=O) groups is 1. The first-order valence-corrected chi connectivity index (χ1v) is 8.72. The first kappa shape index (κ1) is 20.1. The van der Waals surface area contributed by atoms with Crippen molar-refractivity contribution in [2.45, 2.75) is 27.1 Å². The number of nitrogens with zero attached hydrogens (tertiary/aromatic N) is 2. The Morgan fingerprint density at radius 2 is 1.88 bits per heavy atom. The van der Waals surface area contributed by atoms with Crippen LogP contribution < -0.4 is 4.90 Å². The number of halogens is 1. The normalized spacial score (nSPS) is 11.2. The average molecular weight is 364 g/mol. The third-order valence-electron chi connectivity index (χ3n) is 3.82. The van der Waals surface area contributed by atoms with Gasteiger partial charge in [-0.15, -0.1) is 0 Å². The van der Waals surface area contributed by atoms with E-state index in [2.05, 4.69) is 4.98 Å². The second kappa shape index (κ2) is 9.45. The Hall–Kier alpha value is -2.25. The van der Waals surface area contributed by atoms with E-state index >= 15 is 0 Å². The van der Waals surface area contributed by atoms with E-state index in [-0.39, 0.29) is 17.7 Å². The van der Waals surface area contributed by atoms with Crippen LogP contribution >= 0.6 is 0 Å². The molecule has 0 atom stereocenters. The summed E-state index contributed by atoms with van der Waals surface area (Å²) < 4.78 is 30.5. The van der Waals surface area contributed by atoms with Crippen molar-refractivity contribution in [3.8, 4) is 0 Å². The molecule has 7 heteroatoms. The number of pyridine rings is 1. The van der Waals surface area contributed by atoms with Crippen molar-refractivity contribution >= 4 is 22.6 Å². The molecule has 26 heavy (non-hydrogen) atoms. The molecule has 1 heterocycles. The van der Waals surface area contributed by atoms with Crippen molar-refractivity contribution in [2.75, 3.05) is 38.3 Å². The number of anilines is 1. The summed E-state index contributed by atoms with van der Waals surface area (Å²) >= 11 is 0. The zero-order chi connectivity index (χ0) is 19.1. The smallest absolute Gasteiger partial charge is 0.341 e. The summed E-state index contributed by atoms with van der Waals surface area (Å²) in [5, 5.41) is 0.532. The quantitative estimate of drug-likeness (QED) is 0.502. The molecule has 0 saturated heterocycles. The number of para-hydroxylation sites is 1. The van der Waals surface area contributed by atoms with Crippen LogP contribution in [0.15, 0.2) is 24.4 Å². The third kappa shape index (κ3) is 4.47. The molecule has 0 bridgehead atoms. The number of rotatable bonds is 9. The van der Waals surface area contributed by atoms with Crippen LogP contribution in [-0.4, -0.2) is 50.7 Å². The molecule has 6 nitrogen and oxygen atoms in total. The van der Waals surface area contributed by atoms with Gasteiger partial charge in [0.15, 0.2) is 6.29 Å². The molecule has 142 valence electrons. The molecule has 1 aromatic heterocycles. The topological polar surface area (TPSA) is 60.9 Å². The fourth-order valence-corrected chi connectivity index (χ4v) is 2.78. The van der Waals surface area contributed by atoms with Crippen LogP contribution in [0.3, 0.4) is 0 Å². The highest BCUT2D eigenvalue weighted by atomic mass is 19.1. The maximum Gasteiger partial charge on any atom is 0.341 e. The van der Waals surface area contributed by atoms with Crippen molar-refractivity contribution in [3.63, 3.8) is 0 Å². The number of fused-ring (bicyclic) bond motifs is 1. The number of hydrogen-bond donors (Lipinski definition) is 0. The Labute approximate surface area is 152 Å². The highest BCUT2D eigenvalue weighted by molar-refractivity contribution is 6.05.